The SMILES string of the molecule is Cn1ccnc1CCNC(=O)c1ccc(C#CCO)cn1. The van der Waals surface area contributed by atoms with E-state index in [4.69, 9.17) is 5.11 Å². The van der Waals surface area contributed by atoms with Gasteiger partial charge in [0.25, 0.3) is 5.91 Å². The summed E-state index contributed by atoms with van der Waals surface area (Å²) in [7, 11) is 1.91. The van der Waals surface area contributed by atoms with Gasteiger partial charge in [0.15, 0.2) is 0 Å². The van der Waals surface area contributed by atoms with E-state index < -0.39 is 0 Å². The first-order valence-corrected chi connectivity index (χ1v) is 6.51. The van der Waals surface area contributed by atoms with Crippen LogP contribution in [-0.4, -0.2) is 38.7 Å². The number of imidazole rings is 1. The summed E-state index contributed by atoms with van der Waals surface area (Å²) in [5, 5.41) is 11.4. The molecule has 0 saturated heterocycles. The predicted octanol–water partition coefficient (Wildman–Crippen LogP) is 0.131. The first-order valence-electron chi connectivity index (χ1n) is 6.51. The second kappa shape index (κ2) is 7.22. The molecular weight excluding hydrogens is 268 g/mol. The lowest BCUT2D eigenvalue weighted by molar-refractivity contribution is 0.0949. The molecule has 0 bridgehead atoms. The van der Waals surface area contributed by atoms with Gasteiger partial charge in [0, 0.05) is 44.2 Å². The van der Waals surface area contributed by atoms with Gasteiger partial charge in [0.05, 0.1) is 0 Å². The summed E-state index contributed by atoms with van der Waals surface area (Å²) in [6, 6.07) is 3.31. The third kappa shape index (κ3) is 4.16. The third-order valence-corrected chi connectivity index (χ3v) is 2.86. The zero-order valence-corrected chi connectivity index (χ0v) is 11.7. The highest BCUT2D eigenvalue weighted by Crippen LogP contribution is 1.99. The molecule has 0 aliphatic carbocycles. The van der Waals surface area contributed by atoms with Crippen molar-refractivity contribution in [2.75, 3.05) is 13.2 Å². The van der Waals surface area contributed by atoms with Crippen molar-refractivity contribution in [1.82, 2.24) is 19.9 Å². The molecule has 6 heteroatoms. The number of aromatic nitrogens is 3. The number of amides is 1. The third-order valence-electron chi connectivity index (χ3n) is 2.86. The smallest absolute Gasteiger partial charge is 0.269 e. The van der Waals surface area contributed by atoms with Crippen molar-refractivity contribution >= 4 is 5.91 Å². The molecular formula is C15H16N4O2. The average molecular weight is 284 g/mol. The standard InChI is InChI=1S/C15H16N4O2/c1-19-9-8-16-14(19)6-7-17-15(21)13-5-4-12(11-18-13)3-2-10-20/h4-5,8-9,11,20H,6-7,10H2,1H3,(H,17,21). The fraction of sp³-hybridized carbons (Fsp3) is 0.267. The summed E-state index contributed by atoms with van der Waals surface area (Å²) in [4.78, 5) is 20.1. The van der Waals surface area contributed by atoms with E-state index in [2.05, 4.69) is 27.1 Å². The lowest BCUT2D eigenvalue weighted by Crippen LogP contribution is -2.27. The molecule has 108 valence electrons. The molecule has 2 N–H and O–H groups in total. The van der Waals surface area contributed by atoms with Crippen molar-refractivity contribution in [3.63, 3.8) is 0 Å². The van der Waals surface area contributed by atoms with Crippen molar-refractivity contribution in [2.24, 2.45) is 7.05 Å². The zero-order valence-electron chi connectivity index (χ0n) is 11.7. The Hall–Kier alpha value is -2.65. The Kier molecular flexibility index (Phi) is 5.07. The lowest BCUT2D eigenvalue weighted by Gasteiger charge is -2.05. The van der Waals surface area contributed by atoms with Gasteiger partial charge in [0.2, 0.25) is 0 Å². The molecule has 0 unspecified atom stereocenters. The number of carbonyl (C=O) groups excluding carboxylic acids is 1. The molecule has 2 aromatic heterocycles. The first kappa shape index (κ1) is 14.8. The van der Waals surface area contributed by atoms with Crippen LogP contribution in [0.15, 0.2) is 30.7 Å². The molecule has 0 aliphatic rings. The number of rotatable bonds is 4. The normalized spacial score (nSPS) is 9.81. The van der Waals surface area contributed by atoms with Gasteiger partial charge in [-0.15, -0.1) is 0 Å². The fourth-order valence-corrected chi connectivity index (χ4v) is 1.76. The van der Waals surface area contributed by atoms with Gasteiger partial charge in [-0.2, -0.15) is 0 Å². The van der Waals surface area contributed by atoms with E-state index in [9.17, 15) is 4.79 Å². The Morgan fingerprint density at radius 3 is 2.90 bits per heavy atom. The molecule has 2 heterocycles. The summed E-state index contributed by atoms with van der Waals surface area (Å²) in [6.07, 6.45) is 5.77. The maximum Gasteiger partial charge on any atom is 0.269 e. The van der Waals surface area contributed by atoms with Crippen LogP contribution < -0.4 is 5.32 Å². The van der Waals surface area contributed by atoms with E-state index in [0.717, 1.165) is 5.82 Å². The van der Waals surface area contributed by atoms with Gasteiger partial charge in [-0.05, 0) is 12.1 Å². The molecule has 0 aliphatic heterocycles. The van der Waals surface area contributed by atoms with E-state index >= 15 is 0 Å². The topological polar surface area (TPSA) is 80.0 Å². The number of carbonyl (C=O) groups is 1. The number of pyridine rings is 1. The molecule has 1 amide bonds. The maximum absolute atomic E-state index is 11.9. The van der Waals surface area contributed by atoms with E-state index in [1.165, 1.54) is 6.20 Å². The van der Waals surface area contributed by atoms with Crippen LogP contribution in [0.3, 0.4) is 0 Å². The van der Waals surface area contributed by atoms with Gasteiger partial charge in [-0.25, -0.2) is 9.97 Å². The quantitative estimate of drug-likeness (QED) is 0.782. The molecule has 21 heavy (non-hydrogen) atoms. The van der Waals surface area contributed by atoms with Gasteiger partial charge in [-0.3, -0.25) is 4.79 Å². The summed E-state index contributed by atoms with van der Waals surface area (Å²) in [6.45, 7) is 0.298. The van der Waals surface area contributed by atoms with Crippen molar-refractivity contribution in [2.45, 2.75) is 6.42 Å². The largest absolute Gasteiger partial charge is 0.384 e. The van der Waals surface area contributed by atoms with Crippen LogP contribution in [0, 0.1) is 11.8 Å². The van der Waals surface area contributed by atoms with Crippen molar-refractivity contribution in [3.8, 4) is 11.8 Å². The van der Waals surface area contributed by atoms with Gasteiger partial charge < -0.3 is 15.0 Å². The highest BCUT2D eigenvalue weighted by Gasteiger charge is 2.07. The van der Waals surface area contributed by atoms with E-state index in [1.54, 1.807) is 18.3 Å². The molecule has 2 rings (SSSR count). The molecule has 0 spiro atoms. The summed E-state index contributed by atoms with van der Waals surface area (Å²) >= 11 is 0. The van der Waals surface area contributed by atoms with Crippen LogP contribution in [0.5, 0.6) is 0 Å². The highest BCUT2D eigenvalue weighted by molar-refractivity contribution is 5.92. The Balaban J connectivity index is 1.87. The van der Waals surface area contributed by atoms with Crippen LogP contribution in [0.25, 0.3) is 0 Å². The minimum absolute atomic E-state index is 0.199. The van der Waals surface area contributed by atoms with E-state index in [1.807, 2.05) is 17.8 Å². The molecule has 0 radical (unpaired) electrons. The number of hydrogen-bond acceptors (Lipinski definition) is 4. The minimum Gasteiger partial charge on any atom is -0.384 e. The van der Waals surface area contributed by atoms with E-state index in [-0.39, 0.29) is 12.5 Å². The van der Waals surface area contributed by atoms with E-state index in [0.29, 0.717) is 24.2 Å². The highest BCUT2D eigenvalue weighted by atomic mass is 16.2. The molecule has 0 atom stereocenters. The summed E-state index contributed by atoms with van der Waals surface area (Å²) in [5.41, 5.74) is 0.998. The zero-order chi connectivity index (χ0) is 15.1. The Morgan fingerprint density at radius 2 is 2.29 bits per heavy atom. The summed E-state index contributed by atoms with van der Waals surface area (Å²) < 4.78 is 1.92. The van der Waals surface area contributed by atoms with Crippen LogP contribution in [0.4, 0.5) is 0 Å². The Bertz CT molecular complexity index is 665. The fourth-order valence-electron chi connectivity index (χ4n) is 1.76. The molecule has 0 saturated carbocycles. The number of aryl methyl sites for hydroxylation is 1. The number of nitrogens with one attached hydrogen (secondary N) is 1. The van der Waals surface area contributed by atoms with Crippen LogP contribution >= 0.6 is 0 Å². The van der Waals surface area contributed by atoms with Gasteiger partial charge >= 0.3 is 0 Å². The van der Waals surface area contributed by atoms with Gasteiger partial charge in [0.1, 0.15) is 18.1 Å². The second-order valence-electron chi connectivity index (χ2n) is 4.35. The number of nitrogens with zero attached hydrogens (tertiary/aromatic N) is 3. The Labute approximate surface area is 122 Å². The lowest BCUT2D eigenvalue weighted by atomic mass is 10.2. The molecule has 0 fully saturated rings. The molecule has 0 aromatic carbocycles. The monoisotopic (exact) mass is 284 g/mol. The predicted molar refractivity (Wildman–Crippen MR) is 77.4 cm³/mol. The van der Waals surface area contributed by atoms with Gasteiger partial charge in [-0.1, -0.05) is 11.8 Å². The second-order valence-corrected chi connectivity index (χ2v) is 4.35. The van der Waals surface area contributed by atoms with Crippen LogP contribution in [0.2, 0.25) is 0 Å². The minimum atomic E-state index is -0.231. The molecule has 6 nitrogen and oxygen atoms in total. The van der Waals surface area contributed by atoms with Crippen LogP contribution in [-0.2, 0) is 13.5 Å². The summed E-state index contributed by atoms with van der Waals surface area (Å²) in [5.74, 6) is 5.93. The average Bonchev–Trinajstić information content (AvgIpc) is 2.91. The number of aliphatic hydroxyl groups is 1. The van der Waals surface area contributed by atoms with Crippen LogP contribution in [0.1, 0.15) is 21.9 Å². The van der Waals surface area contributed by atoms with Crippen molar-refractivity contribution < 1.29 is 9.90 Å². The Morgan fingerprint density at radius 1 is 1.43 bits per heavy atom. The van der Waals surface area contributed by atoms with Crippen molar-refractivity contribution in [1.29, 1.82) is 0 Å². The number of hydrogen-bond donors (Lipinski definition) is 2. The van der Waals surface area contributed by atoms with Crippen molar-refractivity contribution in [3.05, 3.63) is 47.8 Å². The first-order chi connectivity index (χ1) is 10.2. The number of aliphatic hydroxyl groups excluding tert-OH is 1. The molecule has 2 aromatic rings. The maximum atomic E-state index is 11.9.